The van der Waals surface area contributed by atoms with E-state index in [2.05, 4.69) is 6.92 Å². The fraction of sp³-hybridized carbons (Fsp3) is 0.545. The quantitative estimate of drug-likeness (QED) is 0.684. The van der Waals surface area contributed by atoms with Gasteiger partial charge < -0.3 is 9.32 Å². The zero-order valence-corrected chi connectivity index (χ0v) is 8.40. The molecule has 0 aromatic carbocycles. The van der Waals surface area contributed by atoms with E-state index in [1.165, 1.54) is 6.42 Å². The molecule has 2 rings (SSSR count). The molecular formula is C11H15NO2. The first-order valence-electron chi connectivity index (χ1n) is 5.10. The number of rotatable bonds is 1. The summed E-state index contributed by atoms with van der Waals surface area (Å²) in [6.07, 6.45) is 3.87. The van der Waals surface area contributed by atoms with Crippen molar-refractivity contribution in [1.29, 1.82) is 0 Å². The summed E-state index contributed by atoms with van der Waals surface area (Å²) in [4.78, 5) is 13.7. The van der Waals surface area contributed by atoms with Crippen molar-refractivity contribution in [3.63, 3.8) is 0 Å². The lowest BCUT2D eigenvalue weighted by Crippen LogP contribution is -2.38. The molecule has 1 atom stereocenters. The Labute approximate surface area is 83.7 Å². The molecule has 14 heavy (non-hydrogen) atoms. The molecule has 1 unspecified atom stereocenters. The number of piperidine rings is 1. The summed E-state index contributed by atoms with van der Waals surface area (Å²) in [5.74, 6) is 1.10. The van der Waals surface area contributed by atoms with Gasteiger partial charge in [0.05, 0.1) is 6.26 Å². The summed E-state index contributed by atoms with van der Waals surface area (Å²) in [6.45, 7) is 3.91. The van der Waals surface area contributed by atoms with Crippen LogP contribution in [0.1, 0.15) is 30.3 Å². The van der Waals surface area contributed by atoms with E-state index in [-0.39, 0.29) is 5.91 Å². The number of likely N-dealkylation sites (tertiary alicyclic amines) is 1. The number of furan rings is 1. The maximum atomic E-state index is 11.8. The number of amides is 1. The Kier molecular flexibility index (Phi) is 2.57. The summed E-state index contributed by atoms with van der Waals surface area (Å²) in [6, 6.07) is 3.47. The average molecular weight is 193 g/mol. The number of nitrogens with zero attached hydrogens (tertiary/aromatic N) is 1. The van der Waals surface area contributed by atoms with Crippen molar-refractivity contribution >= 4 is 5.91 Å². The van der Waals surface area contributed by atoms with Crippen LogP contribution in [0.4, 0.5) is 0 Å². The van der Waals surface area contributed by atoms with Crippen LogP contribution in [0, 0.1) is 5.92 Å². The summed E-state index contributed by atoms with van der Waals surface area (Å²) >= 11 is 0. The predicted octanol–water partition coefficient (Wildman–Crippen LogP) is 2.15. The molecule has 1 aliphatic heterocycles. The molecule has 1 aromatic rings. The van der Waals surface area contributed by atoms with Crippen LogP contribution in [0.2, 0.25) is 0 Å². The minimum absolute atomic E-state index is 0.0292. The molecule has 0 spiro atoms. The topological polar surface area (TPSA) is 33.5 Å². The number of carbonyl (C=O) groups excluding carboxylic acids is 1. The van der Waals surface area contributed by atoms with Crippen LogP contribution in [0.25, 0.3) is 0 Å². The van der Waals surface area contributed by atoms with Crippen LogP contribution in [0.5, 0.6) is 0 Å². The third-order valence-electron chi connectivity index (χ3n) is 2.68. The fourth-order valence-corrected chi connectivity index (χ4v) is 1.93. The van der Waals surface area contributed by atoms with Crippen LogP contribution in [0.3, 0.4) is 0 Å². The van der Waals surface area contributed by atoms with Crippen molar-refractivity contribution in [2.24, 2.45) is 5.92 Å². The van der Waals surface area contributed by atoms with Gasteiger partial charge in [-0.1, -0.05) is 6.92 Å². The number of hydrogen-bond acceptors (Lipinski definition) is 2. The SMILES string of the molecule is CC1CCCN(C(=O)c2ccco2)C1. The van der Waals surface area contributed by atoms with Crippen LogP contribution >= 0.6 is 0 Å². The van der Waals surface area contributed by atoms with Crippen molar-refractivity contribution in [3.05, 3.63) is 24.2 Å². The third kappa shape index (κ3) is 1.81. The molecular weight excluding hydrogens is 178 g/mol. The zero-order chi connectivity index (χ0) is 9.97. The molecule has 76 valence electrons. The zero-order valence-electron chi connectivity index (χ0n) is 8.40. The van der Waals surface area contributed by atoms with E-state index in [1.54, 1.807) is 18.4 Å². The largest absolute Gasteiger partial charge is 0.459 e. The molecule has 2 heterocycles. The first kappa shape index (κ1) is 9.31. The summed E-state index contributed by atoms with van der Waals surface area (Å²) in [5, 5.41) is 0. The second-order valence-electron chi connectivity index (χ2n) is 3.98. The lowest BCUT2D eigenvalue weighted by molar-refractivity contribution is 0.0651. The molecule has 1 fully saturated rings. The highest BCUT2D eigenvalue weighted by Gasteiger charge is 2.23. The van der Waals surface area contributed by atoms with Gasteiger partial charge in [0, 0.05) is 13.1 Å². The maximum Gasteiger partial charge on any atom is 0.289 e. The van der Waals surface area contributed by atoms with Crippen LogP contribution in [-0.4, -0.2) is 23.9 Å². The smallest absolute Gasteiger partial charge is 0.289 e. The molecule has 0 aliphatic carbocycles. The van der Waals surface area contributed by atoms with Gasteiger partial charge in [0.25, 0.3) is 5.91 Å². The van der Waals surface area contributed by atoms with E-state index >= 15 is 0 Å². The standard InChI is InChI=1S/C11H15NO2/c1-9-4-2-6-12(8-9)11(13)10-5-3-7-14-10/h3,5,7,9H,2,4,6,8H2,1H3. The molecule has 1 aromatic heterocycles. The Morgan fingerprint density at radius 2 is 2.50 bits per heavy atom. The Bertz CT molecular complexity index is 305. The second-order valence-corrected chi connectivity index (χ2v) is 3.98. The highest BCUT2D eigenvalue weighted by molar-refractivity contribution is 5.91. The predicted molar refractivity (Wildman–Crippen MR) is 53.0 cm³/mol. The van der Waals surface area contributed by atoms with Gasteiger partial charge in [-0.05, 0) is 30.9 Å². The van der Waals surface area contributed by atoms with Crippen molar-refractivity contribution in [3.8, 4) is 0 Å². The van der Waals surface area contributed by atoms with Gasteiger partial charge in [0.2, 0.25) is 0 Å². The molecule has 0 N–H and O–H groups in total. The van der Waals surface area contributed by atoms with E-state index in [0.29, 0.717) is 11.7 Å². The summed E-state index contributed by atoms with van der Waals surface area (Å²) in [7, 11) is 0. The minimum Gasteiger partial charge on any atom is -0.459 e. The Hall–Kier alpha value is -1.25. The molecule has 0 radical (unpaired) electrons. The third-order valence-corrected chi connectivity index (χ3v) is 2.68. The summed E-state index contributed by atoms with van der Waals surface area (Å²) < 4.78 is 5.09. The van der Waals surface area contributed by atoms with Crippen molar-refractivity contribution in [1.82, 2.24) is 4.90 Å². The highest BCUT2D eigenvalue weighted by Crippen LogP contribution is 2.17. The Morgan fingerprint density at radius 1 is 1.64 bits per heavy atom. The molecule has 1 amide bonds. The van der Waals surface area contributed by atoms with Crippen molar-refractivity contribution in [2.75, 3.05) is 13.1 Å². The molecule has 3 heteroatoms. The van der Waals surface area contributed by atoms with Crippen LogP contribution in [-0.2, 0) is 0 Å². The summed E-state index contributed by atoms with van der Waals surface area (Å²) in [5.41, 5.74) is 0. The fourth-order valence-electron chi connectivity index (χ4n) is 1.93. The number of hydrogen-bond donors (Lipinski definition) is 0. The lowest BCUT2D eigenvalue weighted by atomic mass is 10.0. The second kappa shape index (κ2) is 3.86. The van der Waals surface area contributed by atoms with Crippen molar-refractivity contribution < 1.29 is 9.21 Å². The van der Waals surface area contributed by atoms with Gasteiger partial charge in [-0.25, -0.2) is 0 Å². The molecule has 0 saturated carbocycles. The molecule has 0 bridgehead atoms. The monoisotopic (exact) mass is 193 g/mol. The lowest BCUT2D eigenvalue weighted by Gasteiger charge is -2.30. The van der Waals surface area contributed by atoms with Gasteiger partial charge in [-0.3, -0.25) is 4.79 Å². The number of carbonyl (C=O) groups is 1. The maximum absolute atomic E-state index is 11.8. The average Bonchev–Trinajstić information content (AvgIpc) is 2.69. The molecule has 1 saturated heterocycles. The normalized spacial score (nSPS) is 22.4. The van der Waals surface area contributed by atoms with E-state index < -0.39 is 0 Å². The van der Waals surface area contributed by atoms with Gasteiger partial charge in [0.15, 0.2) is 5.76 Å². The Balaban J connectivity index is 2.04. The van der Waals surface area contributed by atoms with E-state index in [1.807, 2.05) is 4.90 Å². The molecule has 1 aliphatic rings. The van der Waals surface area contributed by atoms with Crippen LogP contribution < -0.4 is 0 Å². The minimum atomic E-state index is 0.0292. The van der Waals surface area contributed by atoms with Gasteiger partial charge in [-0.15, -0.1) is 0 Å². The first-order chi connectivity index (χ1) is 6.77. The Morgan fingerprint density at radius 3 is 3.14 bits per heavy atom. The van der Waals surface area contributed by atoms with E-state index in [4.69, 9.17) is 4.42 Å². The van der Waals surface area contributed by atoms with Gasteiger partial charge >= 0.3 is 0 Å². The molecule has 3 nitrogen and oxygen atoms in total. The van der Waals surface area contributed by atoms with E-state index in [9.17, 15) is 4.79 Å². The first-order valence-corrected chi connectivity index (χ1v) is 5.10. The van der Waals surface area contributed by atoms with Gasteiger partial charge in [-0.2, -0.15) is 0 Å². The van der Waals surface area contributed by atoms with Crippen molar-refractivity contribution in [2.45, 2.75) is 19.8 Å². The van der Waals surface area contributed by atoms with E-state index in [0.717, 1.165) is 19.5 Å². The van der Waals surface area contributed by atoms with Gasteiger partial charge in [0.1, 0.15) is 0 Å². The van der Waals surface area contributed by atoms with Crippen LogP contribution in [0.15, 0.2) is 22.8 Å². The highest BCUT2D eigenvalue weighted by atomic mass is 16.3.